The van der Waals surface area contributed by atoms with Crippen molar-refractivity contribution < 1.29 is 34.2 Å². The van der Waals surface area contributed by atoms with Crippen molar-refractivity contribution in [3.63, 3.8) is 0 Å². The van der Waals surface area contributed by atoms with E-state index in [1.807, 2.05) is 0 Å². The number of unbranched alkanes of at least 4 members (excludes halogenated alkanes) is 1. The van der Waals surface area contributed by atoms with Crippen molar-refractivity contribution in [3.05, 3.63) is 35.9 Å². The van der Waals surface area contributed by atoms with E-state index in [1.54, 1.807) is 30.3 Å². The Bertz CT molecular complexity index is 849. The molecular weight excluding hydrogens is 446 g/mol. The Labute approximate surface area is 197 Å². The number of hydrogen-bond acceptors (Lipinski definition) is 7. The summed E-state index contributed by atoms with van der Waals surface area (Å²) in [6, 6.07) is 3.98. The summed E-state index contributed by atoms with van der Waals surface area (Å²) in [5, 5.41) is 25.4. The predicted octanol–water partition coefficient (Wildman–Crippen LogP) is -1.28. The molecule has 0 radical (unpaired) electrons. The fourth-order valence-corrected chi connectivity index (χ4v) is 3.05. The number of amides is 3. The number of carboxylic acid groups (broad SMARTS) is 2. The number of hydrogen-bond donors (Lipinski definition) is 7. The van der Waals surface area contributed by atoms with Gasteiger partial charge in [-0.3, -0.25) is 19.2 Å². The van der Waals surface area contributed by atoms with Crippen LogP contribution in [0.2, 0.25) is 0 Å². The van der Waals surface area contributed by atoms with Crippen molar-refractivity contribution >= 4 is 29.7 Å². The van der Waals surface area contributed by atoms with Crippen molar-refractivity contribution in [1.29, 1.82) is 0 Å². The average Bonchev–Trinajstić information content (AvgIpc) is 2.77. The highest BCUT2D eigenvalue weighted by molar-refractivity contribution is 5.94. The predicted molar refractivity (Wildman–Crippen MR) is 122 cm³/mol. The summed E-state index contributed by atoms with van der Waals surface area (Å²) >= 11 is 0. The van der Waals surface area contributed by atoms with Crippen LogP contribution in [0.4, 0.5) is 0 Å². The van der Waals surface area contributed by atoms with Gasteiger partial charge in [-0.1, -0.05) is 30.3 Å². The normalized spacial score (nSPS) is 14.2. The lowest BCUT2D eigenvalue weighted by molar-refractivity contribution is -0.142. The number of rotatable bonds is 15. The molecule has 0 spiro atoms. The van der Waals surface area contributed by atoms with E-state index in [-0.39, 0.29) is 12.8 Å². The molecule has 188 valence electrons. The van der Waals surface area contributed by atoms with E-state index >= 15 is 0 Å². The third-order valence-corrected chi connectivity index (χ3v) is 4.96. The average molecular weight is 480 g/mol. The lowest BCUT2D eigenvalue weighted by atomic mass is 10.0. The number of benzene rings is 1. The van der Waals surface area contributed by atoms with Gasteiger partial charge in [0.25, 0.3) is 0 Å². The van der Waals surface area contributed by atoms with Gasteiger partial charge in [0.05, 0.1) is 12.5 Å². The molecule has 9 N–H and O–H groups in total. The van der Waals surface area contributed by atoms with E-state index in [0.717, 1.165) is 0 Å². The monoisotopic (exact) mass is 479 g/mol. The summed E-state index contributed by atoms with van der Waals surface area (Å²) in [6.45, 7) is 1.78. The molecule has 1 aromatic carbocycles. The van der Waals surface area contributed by atoms with Crippen LogP contribution in [0.1, 0.15) is 38.2 Å². The second-order valence-electron chi connectivity index (χ2n) is 7.87. The zero-order valence-electron chi connectivity index (χ0n) is 19.0. The van der Waals surface area contributed by atoms with Gasteiger partial charge in [0.2, 0.25) is 17.7 Å². The highest BCUT2D eigenvalue weighted by Crippen LogP contribution is 2.06. The molecule has 12 nitrogen and oxygen atoms in total. The molecule has 0 aliphatic rings. The molecule has 34 heavy (non-hydrogen) atoms. The van der Waals surface area contributed by atoms with Crippen LogP contribution in [0.3, 0.4) is 0 Å². The Kier molecular flexibility index (Phi) is 12.2. The van der Waals surface area contributed by atoms with Gasteiger partial charge in [0, 0.05) is 6.42 Å². The second-order valence-corrected chi connectivity index (χ2v) is 7.87. The van der Waals surface area contributed by atoms with Gasteiger partial charge in [-0.2, -0.15) is 0 Å². The fraction of sp³-hybridized carbons (Fsp3) is 0.500. The minimum Gasteiger partial charge on any atom is -0.481 e. The van der Waals surface area contributed by atoms with Crippen molar-refractivity contribution in [2.24, 2.45) is 11.5 Å². The molecule has 0 bridgehead atoms. The number of aliphatic carboxylic acids is 2. The summed E-state index contributed by atoms with van der Waals surface area (Å²) in [5.41, 5.74) is 11.7. The Hall–Kier alpha value is -3.51. The molecule has 0 saturated carbocycles. The van der Waals surface area contributed by atoms with E-state index in [2.05, 4.69) is 16.0 Å². The van der Waals surface area contributed by atoms with Crippen LogP contribution in [0.5, 0.6) is 0 Å². The van der Waals surface area contributed by atoms with Gasteiger partial charge in [-0.15, -0.1) is 0 Å². The molecular formula is C22H33N5O7. The molecule has 0 fully saturated rings. The van der Waals surface area contributed by atoms with Crippen LogP contribution in [-0.2, 0) is 30.4 Å². The zero-order chi connectivity index (χ0) is 25.7. The lowest BCUT2D eigenvalue weighted by Gasteiger charge is -2.23. The van der Waals surface area contributed by atoms with Gasteiger partial charge in [-0.05, 0) is 38.3 Å². The van der Waals surface area contributed by atoms with Crippen LogP contribution in [-0.4, -0.2) is 70.6 Å². The first-order chi connectivity index (χ1) is 16.0. The Morgan fingerprint density at radius 3 is 2.06 bits per heavy atom. The largest absolute Gasteiger partial charge is 0.481 e. The standard InChI is InChI=1S/C22H33N5O7/c1-13(19(30)26-16(22(33)34)9-5-6-10-23)25-21(32)17(11-14-7-3-2-4-8-14)27-20(31)15(24)12-18(28)29/h2-4,7-8,13,15-17H,5-6,9-12,23-24H2,1H3,(H,25,32)(H,26,30)(H,27,31)(H,28,29)(H,33,34). The molecule has 1 aromatic rings. The van der Waals surface area contributed by atoms with Gasteiger partial charge >= 0.3 is 11.9 Å². The molecule has 0 aromatic heterocycles. The van der Waals surface area contributed by atoms with Crippen LogP contribution in [0.15, 0.2) is 30.3 Å². The highest BCUT2D eigenvalue weighted by atomic mass is 16.4. The number of carboxylic acids is 2. The maximum Gasteiger partial charge on any atom is 0.326 e. The van der Waals surface area contributed by atoms with E-state index in [1.165, 1.54) is 6.92 Å². The lowest BCUT2D eigenvalue weighted by Crippen LogP contribution is -2.57. The quantitative estimate of drug-likeness (QED) is 0.149. The molecule has 1 rings (SSSR count). The SMILES string of the molecule is CC(NC(=O)C(Cc1ccccc1)NC(=O)C(N)CC(=O)O)C(=O)NC(CCCCN)C(=O)O. The number of nitrogens with one attached hydrogen (secondary N) is 3. The molecule has 3 amide bonds. The van der Waals surface area contributed by atoms with Crippen LogP contribution >= 0.6 is 0 Å². The summed E-state index contributed by atoms with van der Waals surface area (Å²) in [7, 11) is 0. The number of nitrogens with two attached hydrogens (primary N) is 2. The van der Waals surface area contributed by atoms with Crippen LogP contribution in [0.25, 0.3) is 0 Å². The van der Waals surface area contributed by atoms with Crippen molar-refractivity contribution in [1.82, 2.24) is 16.0 Å². The first kappa shape index (κ1) is 28.5. The van der Waals surface area contributed by atoms with Gasteiger partial charge in [0.15, 0.2) is 0 Å². The number of carbonyl (C=O) groups is 5. The molecule has 0 aliphatic carbocycles. The Morgan fingerprint density at radius 1 is 0.882 bits per heavy atom. The Balaban J connectivity index is 2.86. The molecule has 4 atom stereocenters. The second kappa shape index (κ2) is 14.6. The molecule has 0 saturated heterocycles. The first-order valence-electron chi connectivity index (χ1n) is 10.9. The van der Waals surface area contributed by atoms with Gasteiger partial charge in [-0.25, -0.2) is 4.79 Å². The molecule has 0 heterocycles. The maximum absolute atomic E-state index is 12.9. The smallest absolute Gasteiger partial charge is 0.326 e. The number of carbonyl (C=O) groups excluding carboxylic acids is 3. The minimum absolute atomic E-state index is 0.0589. The van der Waals surface area contributed by atoms with E-state index in [9.17, 15) is 29.1 Å². The van der Waals surface area contributed by atoms with Crippen molar-refractivity contribution in [2.45, 2.75) is 63.2 Å². The fourth-order valence-electron chi connectivity index (χ4n) is 3.05. The summed E-state index contributed by atoms with van der Waals surface area (Å²) in [5.74, 6) is -4.72. The molecule has 12 heteroatoms. The topological polar surface area (TPSA) is 214 Å². The van der Waals surface area contributed by atoms with Gasteiger partial charge < -0.3 is 37.6 Å². The third-order valence-electron chi connectivity index (χ3n) is 4.96. The summed E-state index contributed by atoms with van der Waals surface area (Å²) in [6.07, 6.45) is 0.745. The molecule has 0 aliphatic heterocycles. The van der Waals surface area contributed by atoms with Crippen LogP contribution < -0.4 is 27.4 Å². The van der Waals surface area contributed by atoms with Crippen molar-refractivity contribution in [2.75, 3.05) is 6.54 Å². The first-order valence-corrected chi connectivity index (χ1v) is 10.9. The minimum atomic E-state index is -1.37. The van der Waals surface area contributed by atoms with Crippen LogP contribution in [0, 0.1) is 0 Å². The maximum atomic E-state index is 12.9. The van der Waals surface area contributed by atoms with E-state index in [0.29, 0.717) is 24.9 Å². The third kappa shape index (κ3) is 10.4. The zero-order valence-corrected chi connectivity index (χ0v) is 19.0. The summed E-state index contributed by atoms with van der Waals surface area (Å²) < 4.78 is 0. The molecule has 4 unspecified atom stereocenters. The van der Waals surface area contributed by atoms with Crippen molar-refractivity contribution in [3.8, 4) is 0 Å². The Morgan fingerprint density at radius 2 is 1.50 bits per heavy atom. The van der Waals surface area contributed by atoms with Gasteiger partial charge in [0.1, 0.15) is 18.1 Å². The van der Waals surface area contributed by atoms with E-state index < -0.39 is 60.2 Å². The summed E-state index contributed by atoms with van der Waals surface area (Å²) in [4.78, 5) is 59.9. The van der Waals surface area contributed by atoms with E-state index in [4.69, 9.17) is 16.6 Å². The highest BCUT2D eigenvalue weighted by Gasteiger charge is 2.29.